The first-order valence-corrected chi connectivity index (χ1v) is 11.5. The molecule has 3 amide bonds. The van der Waals surface area contributed by atoms with Gasteiger partial charge in [0.2, 0.25) is 5.91 Å². The molecular formula is C26H29N3O3. The van der Waals surface area contributed by atoms with Crippen LogP contribution in [-0.4, -0.2) is 66.7 Å². The zero-order chi connectivity index (χ0) is 21.9. The van der Waals surface area contributed by atoms with Gasteiger partial charge in [0.1, 0.15) is 6.61 Å². The second-order valence-electron chi connectivity index (χ2n) is 8.74. The summed E-state index contributed by atoms with van der Waals surface area (Å²) in [4.78, 5) is 28.7. The fraction of sp³-hybridized carbons (Fsp3) is 0.385. The number of likely N-dealkylation sites (tertiary alicyclic amines) is 2. The molecule has 6 nitrogen and oxygen atoms in total. The molecule has 2 aromatic carbocycles. The SMILES string of the molecule is O=C1COC2CCN(C(=O)N3CCC(=C(c4ccccc4)c4ccccc4)CC3)CC2N1. The van der Waals surface area contributed by atoms with Gasteiger partial charge >= 0.3 is 6.03 Å². The number of amides is 3. The molecule has 0 aromatic heterocycles. The van der Waals surface area contributed by atoms with E-state index in [4.69, 9.17) is 4.74 Å². The summed E-state index contributed by atoms with van der Waals surface area (Å²) >= 11 is 0. The number of morpholine rings is 1. The van der Waals surface area contributed by atoms with Crippen molar-refractivity contribution in [1.82, 2.24) is 15.1 Å². The molecule has 2 atom stereocenters. The highest BCUT2D eigenvalue weighted by molar-refractivity contribution is 5.83. The van der Waals surface area contributed by atoms with Crippen LogP contribution in [0.3, 0.4) is 0 Å². The molecule has 3 heterocycles. The Morgan fingerprint density at radius 3 is 2.12 bits per heavy atom. The van der Waals surface area contributed by atoms with Crippen molar-refractivity contribution in [3.63, 3.8) is 0 Å². The lowest BCUT2D eigenvalue weighted by molar-refractivity contribution is -0.139. The molecule has 0 aliphatic carbocycles. The second kappa shape index (κ2) is 9.17. The number of carbonyl (C=O) groups is 2. The minimum atomic E-state index is -0.100. The van der Waals surface area contributed by atoms with Gasteiger partial charge in [0.15, 0.2) is 0 Å². The van der Waals surface area contributed by atoms with Crippen LogP contribution in [0.5, 0.6) is 0 Å². The largest absolute Gasteiger partial charge is 0.366 e. The summed E-state index contributed by atoms with van der Waals surface area (Å²) in [6.45, 7) is 2.75. The van der Waals surface area contributed by atoms with Crippen molar-refractivity contribution in [2.75, 3.05) is 32.8 Å². The first-order chi connectivity index (χ1) is 15.7. The van der Waals surface area contributed by atoms with Crippen molar-refractivity contribution in [2.24, 2.45) is 0 Å². The smallest absolute Gasteiger partial charge is 0.320 e. The van der Waals surface area contributed by atoms with Gasteiger partial charge in [-0.15, -0.1) is 0 Å². The standard InChI is InChI=1S/C26H29N3O3/c30-24-18-32-23-13-16-29(17-22(23)27-24)26(31)28-14-11-21(12-15-28)25(19-7-3-1-4-8-19)20-9-5-2-6-10-20/h1-10,22-23H,11-18H2,(H,27,30). The van der Waals surface area contributed by atoms with Gasteiger partial charge in [-0.25, -0.2) is 4.79 Å². The Hall–Kier alpha value is -3.12. The third-order valence-electron chi connectivity index (χ3n) is 6.71. The first-order valence-electron chi connectivity index (χ1n) is 11.5. The highest BCUT2D eigenvalue weighted by Gasteiger charge is 2.37. The number of benzene rings is 2. The Kier molecular flexibility index (Phi) is 5.95. The molecule has 32 heavy (non-hydrogen) atoms. The van der Waals surface area contributed by atoms with Gasteiger partial charge in [-0.2, -0.15) is 0 Å². The van der Waals surface area contributed by atoms with Crippen molar-refractivity contribution >= 4 is 17.5 Å². The van der Waals surface area contributed by atoms with Crippen molar-refractivity contribution in [3.05, 3.63) is 77.4 Å². The van der Waals surface area contributed by atoms with Crippen molar-refractivity contribution in [1.29, 1.82) is 0 Å². The number of piperidine rings is 2. The number of hydrogen-bond acceptors (Lipinski definition) is 3. The number of nitrogens with zero attached hydrogens (tertiary/aromatic N) is 2. The first kappa shape index (κ1) is 20.8. The third kappa shape index (κ3) is 4.28. The predicted octanol–water partition coefficient (Wildman–Crippen LogP) is 3.29. The summed E-state index contributed by atoms with van der Waals surface area (Å²) in [6.07, 6.45) is 2.52. The van der Waals surface area contributed by atoms with Crippen LogP contribution in [0.15, 0.2) is 66.2 Å². The zero-order valence-corrected chi connectivity index (χ0v) is 18.2. The van der Waals surface area contributed by atoms with E-state index >= 15 is 0 Å². The highest BCUT2D eigenvalue weighted by atomic mass is 16.5. The number of fused-ring (bicyclic) bond motifs is 1. The minimum Gasteiger partial charge on any atom is -0.366 e. The summed E-state index contributed by atoms with van der Waals surface area (Å²) in [5.74, 6) is -0.0948. The van der Waals surface area contributed by atoms with Gasteiger partial charge in [0.25, 0.3) is 0 Å². The molecule has 0 bridgehead atoms. The summed E-state index contributed by atoms with van der Waals surface area (Å²) in [5.41, 5.74) is 5.14. The Morgan fingerprint density at radius 1 is 0.875 bits per heavy atom. The van der Waals surface area contributed by atoms with Gasteiger partial charge < -0.3 is 19.9 Å². The minimum absolute atomic E-state index is 0.0203. The molecule has 1 N–H and O–H groups in total. The van der Waals surface area contributed by atoms with Crippen molar-refractivity contribution < 1.29 is 14.3 Å². The van der Waals surface area contributed by atoms with E-state index in [0.29, 0.717) is 26.2 Å². The lowest BCUT2D eigenvalue weighted by Gasteiger charge is -2.43. The lowest BCUT2D eigenvalue weighted by Crippen LogP contribution is -2.62. The van der Waals surface area contributed by atoms with Crippen LogP contribution in [0.4, 0.5) is 4.79 Å². The second-order valence-corrected chi connectivity index (χ2v) is 8.74. The van der Waals surface area contributed by atoms with E-state index in [1.807, 2.05) is 21.9 Å². The fourth-order valence-corrected chi connectivity index (χ4v) is 5.08. The molecular weight excluding hydrogens is 402 g/mol. The molecule has 3 fully saturated rings. The average molecular weight is 432 g/mol. The highest BCUT2D eigenvalue weighted by Crippen LogP contribution is 2.32. The average Bonchev–Trinajstić information content (AvgIpc) is 2.85. The molecule has 166 valence electrons. The topological polar surface area (TPSA) is 61.9 Å². The fourth-order valence-electron chi connectivity index (χ4n) is 5.08. The molecule has 0 spiro atoms. The van der Waals surface area contributed by atoms with Gasteiger partial charge in [-0.3, -0.25) is 4.79 Å². The maximum absolute atomic E-state index is 13.2. The Balaban J connectivity index is 1.30. The molecule has 3 aliphatic rings. The van der Waals surface area contributed by atoms with E-state index in [1.54, 1.807) is 0 Å². The quantitative estimate of drug-likeness (QED) is 0.794. The van der Waals surface area contributed by atoms with E-state index in [1.165, 1.54) is 22.3 Å². The molecule has 2 unspecified atom stereocenters. The number of rotatable bonds is 2. The number of ether oxygens (including phenoxy) is 1. The number of carbonyl (C=O) groups excluding carboxylic acids is 2. The maximum atomic E-state index is 13.2. The number of nitrogens with one attached hydrogen (secondary N) is 1. The van der Waals surface area contributed by atoms with Gasteiger partial charge in [0.05, 0.1) is 12.1 Å². The Morgan fingerprint density at radius 2 is 1.50 bits per heavy atom. The molecule has 0 radical (unpaired) electrons. The van der Waals surface area contributed by atoms with Crippen molar-refractivity contribution in [2.45, 2.75) is 31.4 Å². The van der Waals surface area contributed by atoms with E-state index in [2.05, 4.69) is 53.8 Å². The Bertz CT molecular complexity index is 954. The van der Waals surface area contributed by atoms with Gasteiger partial charge in [-0.05, 0) is 36.0 Å². The third-order valence-corrected chi connectivity index (χ3v) is 6.71. The maximum Gasteiger partial charge on any atom is 0.320 e. The van der Waals surface area contributed by atoms with Gasteiger partial charge in [-0.1, -0.05) is 66.2 Å². The van der Waals surface area contributed by atoms with E-state index in [0.717, 1.165) is 19.3 Å². The monoisotopic (exact) mass is 431 g/mol. The summed E-state index contributed by atoms with van der Waals surface area (Å²) in [6, 6.07) is 21.0. The lowest BCUT2D eigenvalue weighted by atomic mass is 9.88. The van der Waals surface area contributed by atoms with Crippen LogP contribution in [-0.2, 0) is 9.53 Å². The zero-order valence-electron chi connectivity index (χ0n) is 18.2. The number of hydrogen-bond donors (Lipinski definition) is 1. The van der Waals surface area contributed by atoms with Crippen LogP contribution >= 0.6 is 0 Å². The molecule has 2 aromatic rings. The summed E-state index contributed by atoms with van der Waals surface area (Å²) in [5, 5.41) is 2.98. The molecule has 5 rings (SSSR count). The van der Waals surface area contributed by atoms with Crippen LogP contribution in [0.25, 0.3) is 5.57 Å². The number of urea groups is 1. The van der Waals surface area contributed by atoms with Crippen molar-refractivity contribution in [3.8, 4) is 0 Å². The molecule has 0 saturated carbocycles. The van der Waals surface area contributed by atoms with Crippen LogP contribution in [0, 0.1) is 0 Å². The van der Waals surface area contributed by atoms with E-state index < -0.39 is 0 Å². The van der Waals surface area contributed by atoms with E-state index in [9.17, 15) is 9.59 Å². The van der Waals surface area contributed by atoms with Crippen LogP contribution < -0.4 is 5.32 Å². The molecule has 3 saturated heterocycles. The molecule has 6 heteroatoms. The van der Waals surface area contributed by atoms with Crippen LogP contribution in [0.1, 0.15) is 30.4 Å². The van der Waals surface area contributed by atoms with Gasteiger partial charge in [0, 0.05) is 26.2 Å². The van der Waals surface area contributed by atoms with Crippen LogP contribution in [0.2, 0.25) is 0 Å². The summed E-state index contributed by atoms with van der Waals surface area (Å²) in [7, 11) is 0. The van der Waals surface area contributed by atoms with E-state index in [-0.39, 0.29) is 30.7 Å². The molecule has 3 aliphatic heterocycles. The Labute approximate surface area is 188 Å². The summed E-state index contributed by atoms with van der Waals surface area (Å²) < 4.78 is 5.62. The normalized spacial score (nSPS) is 23.4. The predicted molar refractivity (Wildman–Crippen MR) is 123 cm³/mol.